The van der Waals surface area contributed by atoms with Crippen molar-refractivity contribution in [3.63, 3.8) is 0 Å². The summed E-state index contributed by atoms with van der Waals surface area (Å²) in [6.07, 6.45) is 4.12. The van der Waals surface area contributed by atoms with E-state index in [1.807, 2.05) is 6.26 Å². The molecule has 1 aromatic carbocycles. The number of benzene rings is 1. The van der Waals surface area contributed by atoms with Crippen LogP contribution in [0.3, 0.4) is 0 Å². The molecular weight excluding hydrogens is 178 g/mol. The van der Waals surface area contributed by atoms with Crippen molar-refractivity contribution in [3.05, 3.63) is 35.4 Å². The molecule has 68 valence electrons. The lowest BCUT2D eigenvalue weighted by atomic mass is 10.1. The minimum atomic E-state index is 0.451. The predicted molar refractivity (Wildman–Crippen MR) is 58.6 cm³/mol. The highest BCUT2D eigenvalue weighted by Gasteiger charge is 2.23. The second-order valence-corrected chi connectivity index (χ2v) is 4.29. The van der Waals surface area contributed by atoms with Crippen LogP contribution in [0.5, 0.6) is 0 Å². The Balaban J connectivity index is 2.18. The van der Waals surface area contributed by atoms with Crippen molar-refractivity contribution in [1.82, 2.24) is 0 Å². The summed E-state index contributed by atoms with van der Waals surface area (Å²) < 4.78 is 0. The van der Waals surface area contributed by atoms with E-state index in [9.17, 15) is 0 Å². The molecule has 0 spiro atoms. The molecule has 0 aromatic heterocycles. The van der Waals surface area contributed by atoms with Crippen LogP contribution in [0, 0.1) is 11.3 Å². The summed E-state index contributed by atoms with van der Waals surface area (Å²) in [5, 5.41) is 8.60. The minimum Gasteiger partial charge on any atom is -0.298 e. The number of hydrogen-bond acceptors (Lipinski definition) is 2. The highest BCUT2D eigenvalue weighted by molar-refractivity contribution is 8.13. The Morgan fingerprint density at radius 3 is 2.31 bits per heavy atom. The summed E-state index contributed by atoms with van der Waals surface area (Å²) >= 11 is 1.58. The van der Waals surface area contributed by atoms with Gasteiger partial charge in [-0.15, -0.1) is 11.8 Å². The normalized spacial score (nSPS) is 15.8. The summed E-state index contributed by atoms with van der Waals surface area (Å²) in [4.78, 5) is 0. The molecule has 1 N–H and O–H groups in total. The molecule has 0 heterocycles. The van der Waals surface area contributed by atoms with Crippen molar-refractivity contribution in [2.24, 2.45) is 5.92 Å². The van der Waals surface area contributed by atoms with Crippen LogP contribution in [0.25, 0.3) is 0 Å². The van der Waals surface area contributed by atoms with Crippen molar-refractivity contribution >= 4 is 16.8 Å². The van der Waals surface area contributed by atoms with Crippen LogP contribution in [0.4, 0.5) is 0 Å². The molecule has 0 saturated heterocycles. The Labute approximate surface area is 83.1 Å². The van der Waals surface area contributed by atoms with Gasteiger partial charge < -0.3 is 0 Å². The third kappa shape index (κ3) is 1.63. The Kier molecular flexibility index (Phi) is 2.40. The zero-order chi connectivity index (χ0) is 9.26. The van der Waals surface area contributed by atoms with Gasteiger partial charge in [0.05, 0.1) is 5.04 Å². The Bertz CT molecular complexity index is 308. The van der Waals surface area contributed by atoms with Crippen LogP contribution in [0.2, 0.25) is 0 Å². The van der Waals surface area contributed by atoms with Gasteiger partial charge in [-0.2, -0.15) is 0 Å². The second kappa shape index (κ2) is 3.54. The quantitative estimate of drug-likeness (QED) is 0.535. The van der Waals surface area contributed by atoms with Crippen molar-refractivity contribution in [1.29, 1.82) is 5.41 Å². The molecule has 1 aliphatic rings. The van der Waals surface area contributed by atoms with Crippen LogP contribution in [0.1, 0.15) is 11.1 Å². The molecule has 0 fully saturated rings. The molecule has 0 bridgehead atoms. The Hall–Kier alpha value is -0.760. The summed E-state index contributed by atoms with van der Waals surface area (Å²) in [6.45, 7) is 0. The fourth-order valence-corrected chi connectivity index (χ4v) is 2.41. The van der Waals surface area contributed by atoms with Gasteiger partial charge in [-0.05, 0) is 30.2 Å². The topological polar surface area (TPSA) is 23.9 Å². The van der Waals surface area contributed by atoms with E-state index in [-0.39, 0.29) is 0 Å². The summed E-state index contributed by atoms with van der Waals surface area (Å²) in [5.74, 6) is 0.451. The van der Waals surface area contributed by atoms with Crippen molar-refractivity contribution in [3.8, 4) is 0 Å². The van der Waals surface area contributed by atoms with Crippen molar-refractivity contribution in [2.45, 2.75) is 12.8 Å². The van der Waals surface area contributed by atoms with Crippen LogP contribution in [-0.2, 0) is 12.8 Å². The Morgan fingerprint density at radius 1 is 1.31 bits per heavy atom. The van der Waals surface area contributed by atoms with Gasteiger partial charge in [-0.25, -0.2) is 0 Å². The first-order valence-corrected chi connectivity index (χ1v) is 5.73. The number of thioether (sulfide) groups is 1. The first-order chi connectivity index (χ1) is 6.31. The number of nitrogens with one attached hydrogen (secondary N) is 1. The maximum Gasteiger partial charge on any atom is 0.0676 e. The standard InChI is InChI=1S/C11H13NS/c1-13-11(12)10-6-8-4-2-3-5-9(8)7-10/h2-5,10,12H,6-7H2,1H3. The van der Waals surface area contributed by atoms with Gasteiger partial charge >= 0.3 is 0 Å². The molecule has 2 heteroatoms. The van der Waals surface area contributed by atoms with Gasteiger partial charge in [0.15, 0.2) is 0 Å². The van der Waals surface area contributed by atoms with Crippen LogP contribution < -0.4 is 0 Å². The van der Waals surface area contributed by atoms with Gasteiger partial charge in [-0.1, -0.05) is 24.3 Å². The summed E-state index contributed by atoms with van der Waals surface area (Å²) in [5.41, 5.74) is 2.87. The average molecular weight is 191 g/mol. The monoisotopic (exact) mass is 191 g/mol. The molecule has 13 heavy (non-hydrogen) atoms. The van der Waals surface area contributed by atoms with E-state index in [0.717, 1.165) is 17.9 Å². The van der Waals surface area contributed by atoms with Crippen LogP contribution in [0.15, 0.2) is 24.3 Å². The maximum absolute atomic E-state index is 7.77. The third-order valence-electron chi connectivity index (χ3n) is 2.64. The van der Waals surface area contributed by atoms with Gasteiger partial charge in [0.1, 0.15) is 0 Å². The van der Waals surface area contributed by atoms with Crippen LogP contribution >= 0.6 is 11.8 Å². The van der Waals surface area contributed by atoms with E-state index in [1.165, 1.54) is 11.1 Å². The fourth-order valence-electron chi connectivity index (χ4n) is 1.91. The van der Waals surface area contributed by atoms with Gasteiger partial charge in [0, 0.05) is 5.92 Å². The SMILES string of the molecule is CSC(=N)C1Cc2ccccc2C1. The van der Waals surface area contributed by atoms with E-state index in [2.05, 4.69) is 24.3 Å². The summed E-state index contributed by atoms with van der Waals surface area (Å²) in [6, 6.07) is 8.54. The van der Waals surface area contributed by atoms with Crippen LogP contribution in [-0.4, -0.2) is 11.3 Å². The molecular formula is C11H13NS. The predicted octanol–water partition coefficient (Wildman–Crippen LogP) is 2.74. The maximum atomic E-state index is 7.77. The molecule has 0 radical (unpaired) electrons. The van der Waals surface area contributed by atoms with Crippen molar-refractivity contribution in [2.75, 3.05) is 6.26 Å². The zero-order valence-corrected chi connectivity index (χ0v) is 8.53. The lowest BCUT2D eigenvalue weighted by Crippen LogP contribution is -2.09. The first kappa shape index (κ1) is 8.82. The summed E-state index contributed by atoms with van der Waals surface area (Å²) in [7, 11) is 0. The van der Waals surface area contributed by atoms with E-state index < -0.39 is 0 Å². The number of hydrogen-bond donors (Lipinski definition) is 1. The smallest absolute Gasteiger partial charge is 0.0676 e. The van der Waals surface area contributed by atoms with Gasteiger partial charge in [0.2, 0.25) is 0 Å². The zero-order valence-electron chi connectivity index (χ0n) is 7.71. The van der Waals surface area contributed by atoms with Gasteiger partial charge in [0.25, 0.3) is 0 Å². The second-order valence-electron chi connectivity index (χ2n) is 3.44. The molecule has 0 aliphatic heterocycles. The molecule has 2 rings (SSSR count). The van der Waals surface area contributed by atoms with E-state index in [1.54, 1.807) is 11.8 Å². The molecule has 1 nitrogen and oxygen atoms in total. The highest BCUT2D eigenvalue weighted by atomic mass is 32.2. The minimum absolute atomic E-state index is 0.451. The molecule has 0 atom stereocenters. The van der Waals surface area contributed by atoms with Gasteiger partial charge in [-0.3, -0.25) is 5.41 Å². The average Bonchev–Trinajstić information content (AvgIpc) is 2.59. The highest BCUT2D eigenvalue weighted by Crippen LogP contribution is 2.29. The van der Waals surface area contributed by atoms with Crippen molar-refractivity contribution < 1.29 is 0 Å². The molecule has 0 unspecified atom stereocenters. The largest absolute Gasteiger partial charge is 0.298 e. The lowest BCUT2D eigenvalue weighted by Gasteiger charge is -2.06. The van der Waals surface area contributed by atoms with E-state index in [0.29, 0.717) is 5.92 Å². The third-order valence-corrected chi connectivity index (χ3v) is 3.41. The number of fused-ring (bicyclic) bond motifs is 1. The Morgan fingerprint density at radius 2 is 1.85 bits per heavy atom. The van der Waals surface area contributed by atoms with E-state index >= 15 is 0 Å². The lowest BCUT2D eigenvalue weighted by molar-refractivity contribution is 0.756. The fraction of sp³-hybridized carbons (Fsp3) is 0.364. The van der Waals surface area contributed by atoms with E-state index in [4.69, 9.17) is 5.41 Å². The molecule has 0 amide bonds. The molecule has 1 aromatic rings. The number of rotatable bonds is 1. The molecule has 0 saturated carbocycles. The molecule has 1 aliphatic carbocycles. The first-order valence-electron chi connectivity index (χ1n) is 4.50.